The van der Waals surface area contributed by atoms with Crippen LogP contribution in [0.1, 0.15) is 29.8 Å². The first-order valence-electron chi connectivity index (χ1n) is 9.04. The Morgan fingerprint density at radius 3 is 2.52 bits per heavy atom. The maximum Gasteiger partial charge on any atom is 0.344 e. The zero-order valence-corrected chi connectivity index (χ0v) is 16.7. The van der Waals surface area contributed by atoms with E-state index in [9.17, 15) is 9.59 Å². The van der Waals surface area contributed by atoms with Gasteiger partial charge in [0.25, 0.3) is 0 Å². The lowest BCUT2D eigenvalue weighted by Gasteiger charge is -2.09. The second kappa shape index (κ2) is 8.68. The van der Waals surface area contributed by atoms with E-state index in [1.54, 1.807) is 63.4 Å². The van der Waals surface area contributed by atoms with Gasteiger partial charge < -0.3 is 23.7 Å². The van der Waals surface area contributed by atoms with Gasteiger partial charge in [0.05, 0.1) is 25.9 Å². The van der Waals surface area contributed by atoms with E-state index in [-0.39, 0.29) is 24.3 Å². The summed E-state index contributed by atoms with van der Waals surface area (Å²) in [6.07, 6.45) is 1.40. The molecule has 7 heteroatoms. The van der Waals surface area contributed by atoms with Gasteiger partial charge in [-0.2, -0.15) is 0 Å². The Morgan fingerprint density at radius 1 is 1.07 bits per heavy atom. The maximum atomic E-state index is 12.6. The molecule has 152 valence electrons. The van der Waals surface area contributed by atoms with Crippen LogP contribution in [0.25, 0.3) is 6.08 Å². The number of methoxy groups -OCH3 is 2. The number of ketones is 1. The highest BCUT2D eigenvalue weighted by molar-refractivity contribution is 6.14. The van der Waals surface area contributed by atoms with Gasteiger partial charge in [-0.25, -0.2) is 4.79 Å². The molecule has 0 amide bonds. The van der Waals surface area contributed by atoms with Crippen molar-refractivity contribution in [3.63, 3.8) is 0 Å². The Balaban J connectivity index is 1.77. The molecule has 0 unspecified atom stereocenters. The number of fused-ring (bicyclic) bond motifs is 1. The fraction of sp³-hybridized carbons (Fsp3) is 0.273. The third-order valence-corrected chi connectivity index (χ3v) is 4.09. The minimum Gasteiger partial charge on any atom is -0.497 e. The van der Waals surface area contributed by atoms with Gasteiger partial charge in [0.1, 0.15) is 23.0 Å². The average Bonchev–Trinajstić information content (AvgIpc) is 3.01. The summed E-state index contributed by atoms with van der Waals surface area (Å²) in [6, 6.07) is 10.1. The van der Waals surface area contributed by atoms with E-state index in [0.29, 0.717) is 34.1 Å². The van der Waals surface area contributed by atoms with E-state index in [1.807, 2.05) is 0 Å². The van der Waals surface area contributed by atoms with Crippen molar-refractivity contribution in [2.24, 2.45) is 0 Å². The van der Waals surface area contributed by atoms with Crippen molar-refractivity contribution in [1.29, 1.82) is 0 Å². The second-order valence-corrected chi connectivity index (χ2v) is 6.53. The van der Waals surface area contributed by atoms with Gasteiger partial charge in [-0.05, 0) is 44.2 Å². The minimum absolute atomic E-state index is 0.167. The van der Waals surface area contributed by atoms with Crippen LogP contribution in [0, 0.1) is 0 Å². The molecule has 0 aliphatic carbocycles. The molecule has 0 fully saturated rings. The largest absolute Gasteiger partial charge is 0.497 e. The summed E-state index contributed by atoms with van der Waals surface area (Å²) in [5.74, 6) is 1.41. The van der Waals surface area contributed by atoms with Gasteiger partial charge in [0.2, 0.25) is 5.78 Å². The van der Waals surface area contributed by atoms with E-state index in [1.165, 1.54) is 7.11 Å². The number of ether oxygens (including phenoxy) is 5. The van der Waals surface area contributed by atoms with E-state index in [0.717, 1.165) is 0 Å². The topological polar surface area (TPSA) is 80.3 Å². The standard InChI is InChI=1S/C22H22O7/c1-13(2)28-21(23)12-27-16-7-8-17-19(11-16)29-20(22(17)24)9-14-5-6-15(25-3)10-18(14)26-4/h5-11,13H,12H2,1-4H3/b20-9-. The highest BCUT2D eigenvalue weighted by Crippen LogP contribution is 2.36. The van der Waals surface area contributed by atoms with Crippen LogP contribution in [0.5, 0.6) is 23.0 Å². The van der Waals surface area contributed by atoms with Crippen LogP contribution in [0.15, 0.2) is 42.2 Å². The Kier molecular flexibility index (Phi) is 6.07. The quantitative estimate of drug-likeness (QED) is 0.520. The molecule has 1 heterocycles. The predicted octanol–water partition coefficient (Wildman–Crippen LogP) is 3.65. The number of carbonyl (C=O) groups excluding carboxylic acids is 2. The summed E-state index contributed by atoms with van der Waals surface area (Å²) in [7, 11) is 3.10. The van der Waals surface area contributed by atoms with Gasteiger partial charge in [0.15, 0.2) is 12.4 Å². The fourth-order valence-corrected chi connectivity index (χ4v) is 2.78. The number of hydrogen-bond donors (Lipinski definition) is 0. The minimum atomic E-state index is -0.468. The molecule has 0 atom stereocenters. The van der Waals surface area contributed by atoms with Crippen molar-refractivity contribution in [3.8, 4) is 23.0 Å². The first-order valence-corrected chi connectivity index (χ1v) is 9.04. The van der Waals surface area contributed by atoms with E-state index in [2.05, 4.69) is 0 Å². The first kappa shape index (κ1) is 20.3. The smallest absolute Gasteiger partial charge is 0.344 e. The Bertz CT molecular complexity index is 960. The van der Waals surface area contributed by atoms with Crippen LogP contribution in [-0.4, -0.2) is 38.7 Å². The number of hydrogen-bond acceptors (Lipinski definition) is 7. The third-order valence-electron chi connectivity index (χ3n) is 4.09. The monoisotopic (exact) mass is 398 g/mol. The van der Waals surface area contributed by atoms with Crippen LogP contribution in [0.3, 0.4) is 0 Å². The van der Waals surface area contributed by atoms with Crippen molar-refractivity contribution in [2.45, 2.75) is 20.0 Å². The molecule has 0 radical (unpaired) electrons. The molecule has 1 aliphatic heterocycles. The van der Waals surface area contributed by atoms with Crippen molar-refractivity contribution in [1.82, 2.24) is 0 Å². The molecule has 0 N–H and O–H groups in total. The third kappa shape index (κ3) is 4.68. The van der Waals surface area contributed by atoms with Gasteiger partial charge >= 0.3 is 5.97 Å². The number of carbonyl (C=O) groups is 2. The summed E-state index contributed by atoms with van der Waals surface area (Å²) in [6.45, 7) is 3.30. The molecule has 0 bridgehead atoms. The first-order chi connectivity index (χ1) is 13.9. The van der Waals surface area contributed by atoms with E-state index >= 15 is 0 Å². The Labute approximate surface area is 168 Å². The molecule has 1 aliphatic rings. The van der Waals surface area contributed by atoms with Crippen molar-refractivity contribution in [3.05, 3.63) is 53.3 Å². The number of rotatable bonds is 7. The normalized spacial score (nSPS) is 13.8. The highest BCUT2D eigenvalue weighted by atomic mass is 16.6. The summed E-state index contributed by atoms with van der Waals surface area (Å²) in [4.78, 5) is 24.3. The zero-order valence-electron chi connectivity index (χ0n) is 16.7. The number of allylic oxidation sites excluding steroid dienone is 1. The molecule has 0 aromatic heterocycles. The van der Waals surface area contributed by atoms with Crippen LogP contribution in [0.2, 0.25) is 0 Å². The van der Waals surface area contributed by atoms with Gasteiger partial charge in [-0.15, -0.1) is 0 Å². The van der Waals surface area contributed by atoms with Crippen LogP contribution >= 0.6 is 0 Å². The van der Waals surface area contributed by atoms with Crippen LogP contribution in [-0.2, 0) is 9.53 Å². The van der Waals surface area contributed by atoms with E-state index < -0.39 is 5.97 Å². The van der Waals surface area contributed by atoms with Crippen LogP contribution in [0.4, 0.5) is 0 Å². The molecule has 2 aromatic carbocycles. The molecular weight excluding hydrogens is 376 g/mol. The van der Waals surface area contributed by atoms with Crippen molar-refractivity contribution in [2.75, 3.05) is 20.8 Å². The fourth-order valence-electron chi connectivity index (χ4n) is 2.78. The summed E-state index contributed by atoms with van der Waals surface area (Å²) >= 11 is 0. The summed E-state index contributed by atoms with van der Waals surface area (Å²) in [5, 5.41) is 0. The Hall–Kier alpha value is -3.48. The number of benzene rings is 2. The molecule has 7 nitrogen and oxygen atoms in total. The number of Topliss-reactive ketones (excluding diaryl/α,β-unsaturated/α-hetero) is 1. The average molecular weight is 398 g/mol. The maximum absolute atomic E-state index is 12.6. The molecular formula is C22H22O7. The molecule has 0 saturated carbocycles. The molecule has 29 heavy (non-hydrogen) atoms. The lowest BCUT2D eigenvalue weighted by molar-refractivity contribution is -0.149. The zero-order chi connectivity index (χ0) is 21.0. The van der Waals surface area contributed by atoms with Crippen molar-refractivity contribution >= 4 is 17.8 Å². The van der Waals surface area contributed by atoms with Gasteiger partial charge in [-0.3, -0.25) is 4.79 Å². The number of esters is 1. The lowest BCUT2D eigenvalue weighted by atomic mass is 10.1. The summed E-state index contributed by atoms with van der Waals surface area (Å²) in [5.41, 5.74) is 1.10. The summed E-state index contributed by atoms with van der Waals surface area (Å²) < 4.78 is 26.7. The van der Waals surface area contributed by atoms with Crippen LogP contribution < -0.4 is 18.9 Å². The molecule has 3 rings (SSSR count). The van der Waals surface area contributed by atoms with Gasteiger partial charge in [-0.1, -0.05) is 0 Å². The molecule has 0 spiro atoms. The predicted molar refractivity (Wildman–Crippen MR) is 106 cm³/mol. The van der Waals surface area contributed by atoms with Gasteiger partial charge in [0, 0.05) is 17.7 Å². The Morgan fingerprint density at radius 2 is 1.83 bits per heavy atom. The van der Waals surface area contributed by atoms with E-state index in [4.69, 9.17) is 23.7 Å². The van der Waals surface area contributed by atoms with Crippen molar-refractivity contribution < 1.29 is 33.3 Å². The molecule has 0 saturated heterocycles. The lowest BCUT2D eigenvalue weighted by Crippen LogP contribution is -2.18. The highest BCUT2D eigenvalue weighted by Gasteiger charge is 2.28. The second-order valence-electron chi connectivity index (χ2n) is 6.53. The SMILES string of the molecule is COc1ccc(/C=C2\Oc3cc(OCC(=O)OC(C)C)ccc3C2=O)c(OC)c1. The molecule has 2 aromatic rings.